The lowest BCUT2D eigenvalue weighted by Gasteiger charge is -2.32. The first-order chi connectivity index (χ1) is 16.9. The SMILES string of the molecule is CCOc1ccc(NC(=O)c2ccnc(N3CCC(C(=O)Nc4cc(C)cc(C)c4)CC3)c2)cc1. The molecule has 3 aromatic rings. The molecule has 0 radical (unpaired) electrons. The van der Waals surface area contributed by atoms with Crippen LogP contribution in [0.3, 0.4) is 0 Å². The molecule has 35 heavy (non-hydrogen) atoms. The van der Waals surface area contributed by atoms with E-state index in [1.165, 1.54) is 0 Å². The number of nitrogens with zero attached hydrogens (tertiary/aromatic N) is 2. The molecule has 182 valence electrons. The van der Waals surface area contributed by atoms with Crippen LogP contribution in [0.1, 0.15) is 41.3 Å². The van der Waals surface area contributed by atoms with Gasteiger partial charge >= 0.3 is 0 Å². The molecular formula is C28H32N4O3. The van der Waals surface area contributed by atoms with Crippen LogP contribution in [-0.2, 0) is 4.79 Å². The van der Waals surface area contributed by atoms with E-state index in [1.807, 2.05) is 57.2 Å². The monoisotopic (exact) mass is 472 g/mol. The molecule has 1 fully saturated rings. The number of carbonyl (C=O) groups excluding carboxylic acids is 2. The van der Waals surface area contributed by atoms with Crippen molar-refractivity contribution in [2.24, 2.45) is 5.92 Å². The molecule has 2 aromatic carbocycles. The topological polar surface area (TPSA) is 83.6 Å². The zero-order chi connectivity index (χ0) is 24.8. The Morgan fingerprint density at radius 1 is 0.943 bits per heavy atom. The van der Waals surface area contributed by atoms with Crippen molar-refractivity contribution in [1.82, 2.24) is 4.98 Å². The van der Waals surface area contributed by atoms with Crippen LogP contribution in [-0.4, -0.2) is 36.5 Å². The molecule has 0 aliphatic carbocycles. The van der Waals surface area contributed by atoms with Crippen LogP contribution >= 0.6 is 0 Å². The van der Waals surface area contributed by atoms with Crippen molar-refractivity contribution in [2.75, 3.05) is 35.2 Å². The highest BCUT2D eigenvalue weighted by Crippen LogP contribution is 2.25. The van der Waals surface area contributed by atoms with Gasteiger partial charge in [-0.25, -0.2) is 4.98 Å². The predicted octanol–water partition coefficient (Wildman–Crippen LogP) is 5.20. The molecule has 0 atom stereocenters. The molecule has 2 N–H and O–H groups in total. The molecule has 7 nitrogen and oxygen atoms in total. The summed E-state index contributed by atoms with van der Waals surface area (Å²) in [4.78, 5) is 32.2. The Kier molecular flexibility index (Phi) is 7.65. The van der Waals surface area contributed by atoms with E-state index in [4.69, 9.17) is 4.74 Å². The van der Waals surface area contributed by atoms with Gasteiger partial charge in [0, 0.05) is 42.1 Å². The van der Waals surface area contributed by atoms with E-state index in [-0.39, 0.29) is 17.7 Å². The fraction of sp³-hybridized carbons (Fsp3) is 0.321. The van der Waals surface area contributed by atoms with Crippen LogP contribution in [0.2, 0.25) is 0 Å². The van der Waals surface area contributed by atoms with Crippen LogP contribution in [0.4, 0.5) is 17.2 Å². The number of amides is 2. The summed E-state index contributed by atoms with van der Waals surface area (Å²) in [5.74, 6) is 1.34. The van der Waals surface area contributed by atoms with Gasteiger partial charge in [0.05, 0.1) is 6.61 Å². The molecule has 0 bridgehead atoms. The maximum atomic E-state index is 12.8. The Labute approximate surface area is 206 Å². The Morgan fingerprint density at radius 3 is 2.29 bits per heavy atom. The number of hydrogen-bond acceptors (Lipinski definition) is 5. The molecular weight excluding hydrogens is 440 g/mol. The van der Waals surface area contributed by atoms with Crippen LogP contribution in [0.5, 0.6) is 5.75 Å². The quantitative estimate of drug-likeness (QED) is 0.494. The molecule has 0 spiro atoms. The van der Waals surface area contributed by atoms with Crippen molar-refractivity contribution in [3.05, 3.63) is 77.5 Å². The molecule has 1 aromatic heterocycles. The molecule has 1 aliphatic heterocycles. The Morgan fingerprint density at radius 2 is 1.63 bits per heavy atom. The van der Waals surface area contributed by atoms with Gasteiger partial charge in [-0.3, -0.25) is 9.59 Å². The third-order valence-corrected chi connectivity index (χ3v) is 6.11. The van der Waals surface area contributed by atoms with Gasteiger partial charge in [-0.1, -0.05) is 6.07 Å². The number of aromatic nitrogens is 1. The summed E-state index contributed by atoms with van der Waals surface area (Å²) in [6.07, 6.45) is 3.13. The number of anilines is 3. The van der Waals surface area contributed by atoms with Crippen molar-refractivity contribution >= 4 is 29.0 Å². The number of rotatable bonds is 7. The number of hydrogen-bond donors (Lipinski definition) is 2. The lowest BCUT2D eigenvalue weighted by molar-refractivity contribution is -0.120. The summed E-state index contributed by atoms with van der Waals surface area (Å²) in [7, 11) is 0. The first-order valence-electron chi connectivity index (χ1n) is 12.1. The summed E-state index contributed by atoms with van der Waals surface area (Å²) < 4.78 is 5.44. The molecule has 1 saturated heterocycles. The molecule has 2 heterocycles. The van der Waals surface area contributed by atoms with Crippen molar-refractivity contribution in [1.29, 1.82) is 0 Å². The minimum atomic E-state index is -0.194. The second kappa shape index (κ2) is 11.0. The van der Waals surface area contributed by atoms with Gasteiger partial charge in [-0.05, 0) is 93.3 Å². The van der Waals surface area contributed by atoms with Crippen LogP contribution in [0, 0.1) is 19.8 Å². The second-order valence-electron chi connectivity index (χ2n) is 8.94. The van der Waals surface area contributed by atoms with Crippen LogP contribution in [0.25, 0.3) is 0 Å². The summed E-state index contributed by atoms with van der Waals surface area (Å²) in [6.45, 7) is 8.01. The van der Waals surface area contributed by atoms with Gasteiger partial charge in [-0.15, -0.1) is 0 Å². The Bertz CT molecular complexity index is 1160. The van der Waals surface area contributed by atoms with Crippen LogP contribution in [0.15, 0.2) is 60.8 Å². The van der Waals surface area contributed by atoms with Gasteiger partial charge < -0.3 is 20.3 Å². The molecule has 4 rings (SSSR count). The fourth-order valence-corrected chi connectivity index (χ4v) is 4.40. The van der Waals surface area contributed by atoms with Crippen LogP contribution < -0.4 is 20.3 Å². The number of carbonyl (C=O) groups is 2. The first-order valence-corrected chi connectivity index (χ1v) is 12.1. The van der Waals surface area contributed by atoms with Crippen molar-refractivity contribution in [3.63, 3.8) is 0 Å². The fourth-order valence-electron chi connectivity index (χ4n) is 4.40. The average molecular weight is 473 g/mol. The smallest absolute Gasteiger partial charge is 0.255 e. The zero-order valence-electron chi connectivity index (χ0n) is 20.5. The van der Waals surface area contributed by atoms with E-state index in [2.05, 4.69) is 26.6 Å². The second-order valence-corrected chi connectivity index (χ2v) is 8.94. The molecule has 0 saturated carbocycles. The maximum absolute atomic E-state index is 12.8. The van der Waals surface area contributed by atoms with Gasteiger partial charge in [0.25, 0.3) is 5.91 Å². The lowest BCUT2D eigenvalue weighted by Crippen LogP contribution is -2.38. The summed E-state index contributed by atoms with van der Waals surface area (Å²) >= 11 is 0. The number of aryl methyl sites for hydroxylation is 2. The standard InChI is InChI=1S/C28H32N4O3/c1-4-35-25-7-5-23(6-8-25)30-28(34)22-9-12-29-26(18-22)32-13-10-21(11-14-32)27(33)31-24-16-19(2)15-20(3)17-24/h5-9,12,15-18,21H,4,10-11,13-14H2,1-3H3,(H,30,34)(H,31,33). The van der Waals surface area contributed by atoms with Gasteiger partial charge in [0.1, 0.15) is 11.6 Å². The van der Waals surface area contributed by atoms with E-state index in [0.29, 0.717) is 30.9 Å². The van der Waals surface area contributed by atoms with Gasteiger partial charge in [0.2, 0.25) is 5.91 Å². The van der Waals surface area contributed by atoms with Gasteiger partial charge in [-0.2, -0.15) is 0 Å². The first kappa shape index (κ1) is 24.3. The summed E-state index contributed by atoms with van der Waals surface area (Å²) in [6, 6.07) is 16.9. The van der Waals surface area contributed by atoms with Crippen molar-refractivity contribution < 1.29 is 14.3 Å². The molecule has 1 aliphatic rings. The highest BCUT2D eigenvalue weighted by Gasteiger charge is 2.26. The van der Waals surface area contributed by atoms with Crippen molar-refractivity contribution in [2.45, 2.75) is 33.6 Å². The van der Waals surface area contributed by atoms with E-state index < -0.39 is 0 Å². The van der Waals surface area contributed by atoms with Crippen molar-refractivity contribution in [3.8, 4) is 5.75 Å². The van der Waals surface area contributed by atoms with E-state index >= 15 is 0 Å². The normalized spacial score (nSPS) is 13.9. The predicted molar refractivity (Wildman–Crippen MR) is 139 cm³/mol. The largest absolute Gasteiger partial charge is 0.494 e. The Balaban J connectivity index is 1.33. The summed E-state index contributed by atoms with van der Waals surface area (Å²) in [5.41, 5.74) is 4.36. The third kappa shape index (κ3) is 6.38. The molecule has 0 unspecified atom stereocenters. The minimum absolute atomic E-state index is 0.0433. The number of nitrogens with one attached hydrogen (secondary N) is 2. The average Bonchev–Trinajstić information content (AvgIpc) is 2.85. The molecule has 2 amide bonds. The zero-order valence-corrected chi connectivity index (χ0v) is 20.5. The van der Waals surface area contributed by atoms with E-state index in [9.17, 15) is 9.59 Å². The maximum Gasteiger partial charge on any atom is 0.255 e. The highest BCUT2D eigenvalue weighted by atomic mass is 16.5. The number of benzene rings is 2. The molecule has 7 heteroatoms. The highest BCUT2D eigenvalue weighted by molar-refractivity contribution is 6.04. The minimum Gasteiger partial charge on any atom is -0.494 e. The van der Waals surface area contributed by atoms with Gasteiger partial charge in [0.15, 0.2) is 0 Å². The third-order valence-electron chi connectivity index (χ3n) is 6.11. The Hall–Kier alpha value is -3.87. The number of piperidine rings is 1. The van der Waals surface area contributed by atoms with E-state index in [1.54, 1.807) is 18.3 Å². The number of pyridine rings is 1. The summed E-state index contributed by atoms with van der Waals surface area (Å²) in [5, 5.41) is 5.99. The van der Waals surface area contributed by atoms with E-state index in [0.717, 1.165) is 41.2 Å². The lowest BCUT2D eigenvalue weighted by atomic mass is 9.95. The number of ether oxygens (including phenoxy) is 1.